The van der Waals surface area contributed by atoms with E-state index < -0.39 is 0 Å². The molecule has 2 aromatic rings. The van der Waals surface area contributed by atoms with Gasteiger partial charge in [0.25, 0.3) is 0 Å². The number of hydrogen-bond acceptors (Lipinski definition) is 4. The van der Waals surface area contributed by atoms with Crippen molar-refractivity contribution < 1.29 is 4.42 Å². The van der Waals surface area contributed by atoms with Gasteiger partial charge in [0, 0.05) is 25.8 Å². The molecule has 0 atom stereocenters. The lowest BCUT2D eigenvalue weighted by molar-refractivity contribution is 0.291. The van der Waals surface area contributed by atoms with Crippen molar-refractivity contribution in [2.45, 2.75) is 20.0 Å². The van der Waals surface area contributed by atoms with Crippen LogP contribution in [-0.4, -0.2) is 30.0 Å². The Morgan fingerprint density at radius 3 is 2.84 bits per heavy atom. The fourth-order valence-electron chi connectivity index (χ4n) is 1.90. The number of rotatable bonds is 7. The van der Waals surface area contributed by atoms with Crippen LogP contribution in [0, 0.1) is 6.92 Å². The largest absolute Gasteiger partial charge is 0.465 e. The Balaban J connectivity index is 1.63. The molecular formula is C15H21N3O. The van der Waals surface area contributed by atoms with Crippen LogP contribution in [0.5, 0.6) is 0 Å². The topological polar surface area (TPSA) is 41.3 Å². The fraction of sp³-hybridized carbons (Fsp3) is 0.400. The molecule has 1 N–H and O–H groups in total. The molecule has 0 spiro atoms. The molecule has 0 saturated carbocycles. The predicted octanol–water partition coefficient (Wildman–Crippen LogP) is 2.20. The van der Waals surface area contributed by atoms with Crippen LogP contribution >= 0.6 is 0 Å². The Hall–Kier alpha value is -1.65. The molecule has 0 saturated heterocycles. The summed E-state index contributed by atoms with van der Waals surface area (Å²) in [5.41, 5.74) is 1.08. The van der Waals surface area contributed by atoms with Crippen molar-refractivity contribution in [3.05, 3.63) is 53.7 Å². The zero-order valence-electron chi connectivity index (χ0n) is 11.6. The minimum atomic E-state index is 0.814. The summed E-state index contributed by atoms with van der Waals surface area (Å²) in [4.78, 5) is 6.51. The van der Waals surface area contributed by atoms with Crippen LogP contribution in [0.15, 0.2) is 40.9 Å². The fourth-order valence-corrected chi connectivity index (χ4v) is 1.90. The number of likely N-dealkylation sites (N-methyl/N-ethyl adjacent to an activating group) is 1. The molecule has 2 aromatic heterocycles. The molecule has 0 aliphatic heterocycles. The molecule has 0 bridgehead atoms. The molecule has 2 heterocycles. The summed E-state index contributed by atoms with van der Waals surface area (Å²) in [7, 11) is 2.10. The number of nitrogens with zero attached hydrogens (tertiary/aromatic N) is 2. The predicted molar refractivity (Wildman–Crippen MR) is 75.7 cm³/mol. The van der Waals surface area contributed by atoms with Gasteiger partial charge in [-0.15, -0.1) is 0 Å². The Kier molecular flexibility index (Phi) is 5.12. The average molecular weight is 259 g/mol. The van der Waals surface area contributed by atoms with Crippen molar-refractivity contribution in [2.24, 2.45) is 0 Å². The molecule has 0 aromatic carbocycles. The normalized spacial score (nSPS) is 11.1. The zero-order chi connectivity index (χ0) is 13.5. The number of furan rings is 1. The van der Waals surface area contributed by atoms with Crippen LogP contribution in [0.1, 0.15) is 17.2 Å². The Morgan fingerprint density at radius 1 is 1.26 bits per heavy atom. The third kappa shape index (κ3) is 4.85. The highest BCUT2D eigenvalue weighted by molar-refractivity contribution is 5.05. The van der Waals surface area contributed by atoms with Gasteiger partial charge < -0.3 is 9.73 Å². The summed E-state index contributed by atoms with van der Waals surface area (Å²) in [5.74, 6) is 1.99. The first-order valence-corrected chi connectivity index (χ1v) is 6.58. The van der Waals surface area contributed by atoms with Crippen LogP contribution in [0.4, 0.5) is 0 Å². The quantitative estimate of drug-likeness (QED) is 0.774. The Labute approximate surface area is 114 Å². The summed E-state index contributed by atoms with van der Waals surface area (Å²) in [6, 6.07) is 10.0. The molecule has 0 aliphatic rings. The van der Waals surface area contributed by atoms with E-state index in [9.17, 15) is 0 Å². The van der Waals surface area contributed by atoms with E-state index in [2.05, 4.69) is 22.2 Å². The standard InChI is InChI=1S/C15H21N3O/c1-13-6-7-15(19-13)12-18(2)10-9-16-11-14-5-3-4-8-17-14/h3-8,16H,9-12H2,1-2H3. The first kappa shape index (κ1) is 13.8. The molecular weight excluding hydrogens is 238 g/mol. The molecule has 0 fully saturated rings. The van der Waals surface area contributed by atoms with Crippen molar-refractivity contribution in [3.8, 4) is 0 Å². The summed E-state index contributed by atoms with van der Waals surface area (Å²) in [6.07, 6.45) is 1.82. The van der Waals surface area contributed by atoms with E-state index in [1.807, 2.05) is 43.5 Å². The second-order valence-corrected chi connectivity index (χ2v) is 4.75. The van der Waals surface area contributed by atoms with Crippen molar-refractivity contribution in [3.63, 3.8) is 0 Å². The van der Waals surface area contributed by atoms with Gasteiger partial charge in [-0.05, 0) is 38.2 Å². The molecule has 19 heavy (non-hydrogen) atoms. The number of aryl methyl sites for hydroxylation is 1. The van der Waals surface area contributed by atoms with E-state index in [4.69, 9.17) is 4.42 Å². The number of hydrogen-bond donors (Lipinski definition) is 1. The smallest absolute Gasteiger partial charge is 0.118 e. The van der Waals surface area contributed by atoms with Gasteiger partial charge in [-0.1, -0.05) is 6.07 Å². The number of aromatic nitrogens is 1. The molecule has 0 unspecified atom stereocenters. The molecule has 4 heteroatoms. The zero-order valence-corrected chi connectivity index (χ0v) is 11.6. The van der Waals surface area contributed by atoms with Gasteiger partial charge in [-0.25, -0.2) is 0 Å². The second kappa shape index (κ2) is 7.07. The minimum absolute atomic E-state index is 0.814. The lowest BCUT2D eigenvalue weighted by atomic mass is 10.3. The van der Waals surface area contributed by atoms with E-state index in [1.165, 1.54) is 0 Å². The van der Waals surface area contributed by atoms with Gasteiger partial charge in [-0.2, -0.15) is 0 Å². The van der Waals surface area contributed by atoms with Crippen LogP contribution in [0.3, 0.4) is 0 Å². The van der Waals surface area contributed by atoms with Gasteiger partial charge in [0.05, 0.1) is 12.2 Å². The third-order valence-electron chi connectivity index (χ3n) is 2.92. The van der Waals surface area contributed by atoms with Gasteiger partial charge in [0.2, 0.25) is 0 Å². The van der Waals surface area contributed by atoms with E-state index in [0.717, 1.165) is 43.4 Å². The minimum Gasteiger partial charge on any atom is -0.465 e. The molecule has 0 aliphatic carbocycles. The lowest BCUT2D eigenvalue weighted by Gasteiger charge is -2.15. The number of nitrogens with one attached hydrogen (secondary N) is 1. The van der Waals surface area contributed by atoms with Crippen molar-refractivity contribution in [2.75, 3.05) is 20.1 Å². The van der Waals surface area contributed by atoms with Crippen molar-refractivity contribution in [1.82, 2.24) is 15.2 Å². The first-order valence-electron chi connectivity index (χ1n) is 6.58. The van der Waals surface area contributed by atoms with Crippen molar-refractivity contribution in [1.29, 1.82) is 0 Å². The maximum absolute atomic E-state index is 5.56. The summed E-state index contributed by atoms with van der Waals surface area (Å²) in [6.45, 7) is 5.55. The van der Waals surface area contributed by atoms with Crippen LogP contribution < -0.4 is 5.32 Å². The average Bonchev–Trinajstić information content (AvgIpc) is 2.81. The maximum Gasteiger partial charge on any atom is 0.118 e. The number of pyridine rings is 1. The SMILES string of the molecule is Cc1ccc(CN(C)CCNCc2ccccn2)o1. The van der Waals surface area contributed by atoms with Gasteiger partial charge in [0.1, 0.15) is 11.5 Å². The molecule has 4 nitrogen and oxygen atoms in total. The molecule has 0 radical (unpaired) electrons. The molecule has 102 valence electrons. The summed E-state index contributed by atoms with van der Waals surface area (Å²) >= 11 is 0. The van der Waals surface area contributed by atoms with E-state index in [1.54, 1.807) is 0 Å². The monoisotopic (exact) mass is 259 g/mol. The maximum atomic E-state index is 5.56. The summed E-state index contributed by atoms with van der Waals surface area (Å²) in [5, 5.41) is 3.39. The lowest BCUT2D eigenvalue weighted by Crippen LogP contribution is -2.28. The van der Waals surface area contributed by atoms with Gasteiger partial charge in [0.15, 0.2) is 0 Å². The third-order valence-corrected chi connectivity index (χ3v) is 2.92. The van der Waals surface area contributed by atoms with Crippen LogP contribution in [-0.2, 0) is 13.1 Å². The van der Waals surface area contributed by atoms with Crippen LogP contribution in [0.25, 0.3) is 0 Å². The van der Waals surface area contributed by atoms with E-state index in [0.29, 0.717) is 0 Å². The first-order chi connectivity index (χ1) is 9.24. The van der Waals surface area contributed by atoms with E-state index in [-0.39, 0.29) is 0 Å². The highest BCUT2D eigenvalue weighted by Crippen LogP contribution is 2.08. The Bertz CT molecular complexity index is 481. The Morgan fingerprint density at radius 2 is 2.16 bits per heavy atom. The van der Waals surface area contributed by atoms with E-state index >= 15 is 0 Å². The van der Waals surface area contributed by atoms with Gasteiger partial charge in [-0.3, -0.25) is 9.88 Å². The second-order valence-electron chi connectivity index (χ2n) is 4.75. The highest BCUT2D eigenvalue weighted by atomic mass is 16.3. The van der Waals surface area contributed by atoms with Crippen LogP contribution in [0.2, 0.25) is 0 Å². The van der Waals surface area contributed by atoms with Crippen molar-refractivity contribution >= 4 is 0 Å². The summed E-state index contributed by atoms with van der Waals surface area (Å²) < 4.78 is 5.56. The highest BCUT2D eigenvalue weighted by Gasteiger charge is 2.03. The molecule has 2 rings (SSSR count). The van der Waals surface area contributed by atoms with Gasteiger partial charge >= 0.3 is 0 Å². The molecule has 0 amide bonds.